The number of hydrogen-bond acceptors (Lipinski definition) is 5. The summed E-state index contributed by atoms with van der Waals surface area (Å²) in [4.78, 5) is 27.2. The first-order valence-electron chi connectivity index (χ1n) is 5.81. The molecule has 0 amide bonds. The van der Waals surface area contributed by atoms with Crippen LogP contribution in [-0.2, 0) is 9.53 Å². The van der Waals surface area contributed by atoms with Crippen LogP contribution in [0.3, 0.4) is 0 Å². The van der Waals surface area contributed by atoms with Crippen molar-refractivity contribution in [1.82, 2.24) is 4.98 Å². The molecule has 1 heterocycles. The fourth-order valence-corrected chi connectivity index (χ4v) is 1.85. The second kappa shape index (κ2) is 4.46. The highest BCUT2D eigenvalue weighted by Gasteiger charge is 2.33. The van der Waals surface area contributed by atoms with Gasteiger partial charge in [0.1, 0.15) is 5.54 Å². The molecule has 1 aromatic carbocycles. The number of carbonyl (C=O) groups is 1. The number of oxazole rings is 1. The summed E-state index contributed by atoms with van der Waals surface area (Å²) >= 11 is 0. The van der Waals surface area contributed by atoms with Crippen LogP contribution in [0.5, 0.6) is 0 Å². The molecule has 0 saturated carbocycles. The van der Waals surface area contributed by atoms with E-state index in [9.17, 15) is 9.59 Å². The second-order valence-corrected chi connectivity index (χ2v) is 4.80. The van der Waals surface area contributed by atoms with Gasteiger partial charge in [0, 0.05) is 18.8 Å². The van der Waals surface area contributed by atoms with Crippen LogP contribution >= 0.6 is 0 Å². The van der Waals surface area contributed by atoms with Crippen LogP contribution in [0, 0.1) is 0 Å². The van der Waals surface area contributed by atoms with Crippen LogP contribution < -0.4 is 10.7 Å². The summed E-state index contributed by atoms with van der Waals surface area (Å²) in [5, 5.41) is 0. The number of fused-ring (bicyclic) bond motifs is 1. The number of methoxy groups -OCH3 is 1. The number of H-pyrrole nitrogens is 1. The molecule has 102 valence electrons. The molecule has 0 aliphatic heterocycles. The highest BCUT2D eigenvalue weighted by atomic mass is 16.5. The Kier molecular flexibility index (Phi) is 3.09. The maximum absolute atomic E-state index is 11.8. The standard InChI is InChI=1S/C13H16N2O4/c1-13(2,11(16)18-4)15(3)8-5-6-9-10(7-8)19-12(17)14-9/h5-7H,1-4H3,(H,14,17). The van der Waals surface area contributed by atoms with E-state index in [1.54, 1.807) is 44.0 Å². The summed E-state index contributed by atoms with van der Waals surface area (Å²) in [5.41, 5.74) is 1.01. The first-order valence-corrected chi connectivity index (χ1v) is 5.81. The minimum absolute atomic E-state index is 0.342. The minimum atomic E-state index is -0.820. The van der Waals surface area contributed by atoms with E-state index < -0.39 is 11.3 Å². The molecule has 2 rings (SSSR count). The highest BCUT2D eigenvalue weighted by molar-refractivity contribution is 5.85. The van der Waals surface area contributed by atoms with Crippen molar-refractivity contribution in [2.24, 2.45) is 0 Å². The van der Waals surface area contributed by atoms with E-state index in [0.29, 0.717) is 11.1 Å². The number of benzene rings is 1. The second-order valence-electron chi connectivity index (χ2n) is 4.80. The third-order valence-electron chi connectivity index (χ3n) is 3.32. The summed E-state index contributed by atoms with van der Waals surface area (Å²) in [7, 11) is 3.13. The first-order chi connectivity index (χ1) is 8.86. The van der Waals surface area contributed by atoms with Gasteiger partial charge in [-0.05, 0) is 26.0 Å². The van der Waals surface area contributed by atoms with Gasteiger partial charge in [-0.1, -0.05) is 0 Å². The Balaban J connectivity index is 2.43. The monoisotopic (exact) mass is 264 g/mol. The van der Waals surface area contributed by atoms with E-state index in [-0.39, 0.29) is 5.97 Å². The topological polar surface area (TPSA) is 75.5 Å². The number of ether oxygens (including phenoxy) is 1. The summed E-state index contributed by atoms with van der Waals surface area (Å²) in [5.74, 6) is -0.840. The van der Waals surface area contributed by atoms with Gasteiger partial charge in [0.15, 0.2) is 5.58 Å². The average Bonchev–Trinajstić information content (AvgIpc) is 2.75. The Bertz CT molecular complexity index is 669. The van der Waals surface area contributed by atoms with Gasteiger partial charge in [-0.3, -0.25) is 4.98 Å². The Morgan fingerprint density at radius 1 is 1.42 bits per heavy atom. The Morgan fingerprint density at radius 2 is 2.11 bits per heavy atom. The van der Waals surface area contributed by atoms with E-state index in [1.807, 2.05) is 0 Å². The maximum atomic E-state index is 11.8. The summed E-state index contributed by atoms with van der Waals surface area (Å²) in [6.45, 7) is 3.52. The SMILES string of the molecule is COC(=O)C(C)(C)N(C)c1ccc2[nH]c(=O)oc2c1. The lowest BCUT2D eigenvalue weighted by atomic mass is 10.0. The minimum Gasteiger partial charge on any atom is -0.467 e. The summed E-state index contributed by atoms with van der Waals surface area (Å²) in [6, 6.07) is 5.25. The molecule has 0 aliphatic carbocycles. The zero-order valence-corrected chi connectivity index (χ0v) is 11.3. The van der Waals surface area contributed by atoms with E-state index in [0.717, 1.165) is 5.69 Å². The van der Waals surface area contributed by atoms with Crippen molar-refractivity contribution in [3.63, 3.8) is 0 Å². The molecule has 1 N–H and O–H groups in total. The number of rotatable bonds is 3. The van der Waals surface area contributed by atoms with E-state index in [4.69, 9.17) is 9.15 Å². The molecule has 6 heteroatoms. The highest BCUT2D eigenvalue weighted by Crippen LogP contribution is 2.26. The van der Waals surface area contributed by atoms with Gasteiger partial charge in [-0.25, -0.2) is 9.59 Å². The van der Waals surface area contributed by atoms with Crippen LogP contribution in [0.4, 0.5) is 5.69 Å². The number of nitrogens with zero attached hydrogens (tertiary/aromatic N) is 1. The number of anilines is 1. The third-order valence-corrected chi connectivity index (χ3v) is 3.32. The molecule has 0 unspecified atom stereocenters. The van der Waals surface area contributed by atoms with Crippen molar-refractivity contribution >= 4 is 22.8 Å². The van der Waals surface area contributed by atoms with Crippen LogP contribution in [0.1, 0.15) is 13.8 Å². The van der Waals surface area contributed by atoms with Crippen molar-refractivity contribution in [2.75, 3.05) is 19.1 Å². The fourth-order valence-electron chi connectivity index (χ4n) is 1.85. The third kappa shape index (κ3) is 2.21. The van der Waals surface area contributed by atoms with Crippen LogP contribution in [0.15, 0.2) is 27.4 Å². The van der Waals surface area contributed by atoms with Crippen LogP contribution in [0.2, 0.25) is 0 Å². The largest absolute Gasteiger partial charge is 0.467 e. The Labute approximate surface area is 110 Å². The normalized spacial score (nSPS) is 11.6. The molecule has 19 heavy (non-hydrogen) atoms. The molecule has 0 spiro atoms. The van der Waals surface area contributed by atoms with Crippen molar-refractivity contribution in [3.05, 3.63) is 28.7 Å². The van der Waals surface area contributed by atoms with Crippen LogP contribution in [0.25, 0.3) is 11.1 Å². The van der Waals surface area contributed by atoms with Gasteiger partial charge < -0.3 is 14.1 Å². The molecule has 2 aromatic rings. The lowest BCUT2D eigenvalue weighted by molar-refractivity contribution is -0.145. The molecular weight excluding hydrogens is 248 g/mol. The Morgan fingerprint density at radius 3 is 2.74 bits per heavy atom. The summed E-state index contributed by atoms with van der Waals surface area (Å²) < 4.78 is 9.79. The average molecular weight is 264 g/mol. The number of hydrogen-bond donors (Lipinski definition) is 1. The van der Waals surface area contributed by atoms with Crippen molar-refractivity contribution < 1.29 is 13.9 Å². The van der Waals surface area contributed by atoms with E-state index in [2.05, 4.69) is 4.98 Å². The van der Waals surface area contributed by atoms with Gasteiger partial charge in [0.05, 0.1) is 12.6 Å². The maximum Gasteiger partial charge on any atom is 0.417 e. The van der Waals surface area contributed by atoms with Gasteiger partial charge in [-0.2, -0.15) is 0 Å². The number of aromatic nitrogens is 1. The van der Waals surface area contributed by atoms with Crippen molar-refractivity contribution in [3.8, 4) is 0 Å². The fraction of sp³-hybridized carbons (Fsp3) is 0.385. The zero-order chi connectivity index (χ0) is 14.2. The predicted molar refractivity (Wildman–Crippen MR) is 71.3 cm³/mol. The molecule has 0 fully saturated rings. The lowest BCUT2D eigenvalue weighted by Gasteiger charge is -2.34. The number of carbonyl (C=O) groups excluding carboxylic acids is 1. The number of esters is 1. The van der Waals surface area contributed by atoms with E-state index in [1.165, 1.54) is 7.11 Å². The van der Waals surface area contributed by atoms with Gasteiger partial charge >= 0.3 is 11.7 Å². The first kappa shape index (κ1) is 13.2. The van der Waals surface area contributed by atoms with Crippen LogP contribution in [-0.4, -0.2) is 30.6 Å². The molecule has 6 nitrogen and oxygen atoms in total. The number of aromatic amines is 1. The molecule has 1 aromatic heterocycles. The van der Waals surface area contributed by atoms with Gasteiger partial charge in [0.2, 0.25) is 0 Å². The van der Waals surface area contributed by atoms with Crippen molar-refractivity contribution in [1.29, 1.82) is 0 Å². The van der Waals surface area contributed by atoms with Gasteiger partial charge in [-0.15, -0.1) is 0 Å². The summed E-state index contributed by atoms with van der Waals surface area (Å²) in [6.07, 6.45) is 0. The Hall–Kier alpha value is -2.24. The molecule has 0 radical (unpaired) electrons. The molecule has 0 aliphatic rings. The van der Waals surface area contributed by atoms with E-state index >= 15 is 0 Å². The number of nitrogens with one attached hydrogen (secondary N) is 1. The molecule has 0 bridgehead atoms. The molecular formula is C13H16N2O4. The lowest BCUT2D eigenvalue weighted by Crippen LogP contribution is -2.48. The number of likely N-dealkylation sites (N-methyl/N-ethyl adjacent to an activating group) is 1. The molecule has 0 saturated heterocycles. The quantitative estimate of drug-likeness (QED) is 0.850. The molecule has 0 atom stereocenters. The zero-order valence-electron chi connectivity index (χ0n) is 11.3. The van der Waals surface area contributed by atoms with Gasteiger partial charge in [0.25, 0.3) is 0 Å². The smallest absolute Gasteiger partial charge is 0.417 e. The van der Waals surface area contributed by atoms with Crippen molar-refractivity contribution in [2.45, 2.75) is 19.4 Å². The predicted octanol–water partition coefficient (Wildman–Crippen LogP) is 1.51.